The number of nitrogens with zero attached hydrogens (tertiary/aromatic N) is 1. The molecular weight excluding hydrogens is 252 g/mol. The number of nitrogens with two attached hydrogens (primary N) is 1. The molecule has 6 heteroatoms. The monoisotopic (exact) mass is 270 g/mol. The highest BCUT2D eigenvalue weighted by Crippen LogP contribution is 2.27. The summed E-state index contributed by atoms with van der Waals surface area (Å²) in [7, 11) is 3.36. The number of nitrogen functional groups attached to an aromatic ring is 1. The third kappa shape index (κ3) is 3.90. The summed E-state index contributed by atoms with van der Waals surface area (Å²) >= 11 is 1.32. The number of rotatable bonds is 5. The minimum Gasteiger partial charge on any atom is -0.398 e. The molecule has 0 radical (unpaired) electrons. The van der Waals surface area contributed by atoms with Crippen LogP contribution in [0, 0.1) is 0 Å². The van der Waals surface area contributed by atoms with E-state index in [-0.39, 0.29) is 12.5 Å². The normalized spacial score (nSPS) is 12.2. The van der Waals surface area contributed by atoms with Gasteiger partial charge in [-0.2, -0.15) is 0 Å². The summed E-state index contributed by atoms with van der Waals surface area (Å²) in [5.41, 5.74) is 6.91. The van der Waals surface area contributed by atoms with E-state index in [1.54, 1.807) is 32.3 Å². The summed E-state index contributed by atoms with van der Waals surface area (Å²) in [4.78, 5) is 14.0. The first-order chi connectivity index (χ1) is 8.45. The average Bonchev–Trinajstić information content (AvgIpc) is 2.36. The summed E-state index contributed by atoms with van der Waals surface area (Å²) < 4.78 is 0. The predicted octanol–water partition coefficient (Wildman–Crippen LogP) is 0.416. The molecule has 0 saturated carbocycles. The largest absolute Gasteiger partial charge is 0.398 e. The molecule has 5 nitrogen and oxygen atoms in total. The number of carbonyl (C=O) groups excluding carboxylic acids is 1. The number of amides is 1. The summed E-state index contributed by atoms with van der Waals surface area (Å²) in [5.74, 6) is 0.236. The van der Waals surface area contributed by atoms with Crippen molar-refractivity contribution < 1.29 is 15.0 Å². The van der Waals surface area contributed by atoms with Gasteiger partial charge in [0, 0.05) is 36.0 Å². The van der Waals surface area contributed by atoms with Gasteiger partial charge in [0.2, 0.25) is 0 Å². The van der Waals surface area contributed by atoms with Crippen molar-refractivity contribution in [3.63, 3.8) is 0 Å². The molecule has 0 heterocycles. The number of benzene rings is 1. The quantitative estimate of drug-likeness (QED) is 0.533. The third-order valence-corrected chi connectivity index (χ3v) is 3.52. The molecule has 1 aromatic carbocycles. The predicted molar refractivity (Wildman–Crippen MR) is 72.7 cm³/mol. The van der Waals surface area contributed by atoms with Gasteiger partial charge in [0.15, 0.2) is 0 Å². The van der Waals surface area contributed by atoms with Gasteiger partial charge in [-0.05, 0) is 18.2 Å². The SMILES string of the molecule is CN(C)C(=O)c1ccc(N)c(SCC(O)CO)c1. The number of hydrogen-bond acceptors (Lipinski definition) is 5. The van der Waals surface area contributed by atoms with Gasteiger partial charge in [0.05, 0.1) is 12.7 Å². The molecule has 1 unspecified atom stereocenters. The minimum atomic E-state index is -0.789. The molecule has 0 aliphatic carbocycles. The maximum absolute atomic E-state index is 11.8. The number of thioether (sulfide) groups is 1. The zero-order valence-electron chi connectivity index (χ0n) is 10.5. The zero-order valence-corrected chi connectivity index (χ0v) is 11.3. The highest BCUT2D eigenvalue weighted by molar-refractivity contribution is 7.99. The molecule has 1 atom stereocenters. The van der Waals surface area contributed by atoms with Crippen LogP contribution in [0.4, 0.5) is 5.69 Å². The topological polar surface area (TPSA) is 86.8 Å². The second-order valence-corrected chi connectivity index (χ2v) is 5.16. The van der Waals surface area contributed by atoms with E-state index in [0.717, 1.165) is 4.90 Å². The van der Waals surface area contributed by atoms with Gasteiger partial charge in [-0.25, -0.2) is 0 Å². The average molecular weight is 270 g/mol. The molecule has 18 heavy (non-hydrogen) atoms. The lowest BCUT2D eigenvalue weighted by atomic mass is 10.2. The third-order valence-electron chi connectivity index (χ3n) is 2.31. The molecule has 0 aliphatic heterocycles. The van der Waals surface area contributed by atoms with Crippen LogP contribution in [0.5, 0.6) is 0 Å². The van der Waals surface area contributed by atoms with E-state index in [2.05, 4.69) is 0 Å². The van der Waals surface area contributed by atoms with E-state index in [1.807, 2.05) is 0 Å². The van der Waals surface area contributed by atoms with Gasteiger partial charge in [-0.15, -0.1) is 11.8 Å². The Hall–Kier alpha value is -1.24. The molecule has 0 fully saturated rings. The Morgan fingerprint density at radius 2 is 2.17 bits per heavy atom. The molecule has 0 aromatic heterocycles. The van der Waals surface area contributed by atoms with Crippen LogP contribution < -0.4 is 5.73 Å². The lowest BCUT2D eigenvalue weighted by Gasteiger charge is -2.13. The Morgan fingerprint density at radius 3 is 2.72 bits per heavy atom. The van der Waals surface area contributed by atoms with Gasteiger partial charge >= 0.3 is 0 Å². The fourth-order valence-electron chi connectivity index (χ4n) is 1.29. The summed E-state index contributed by atoms with van der Waals surface area (Å²) in [6.45, 7) is -0.288. The second kappa shape index (κ2) is 6.63. The first-order valence-electron chi connectivity index (χ1n) is 5.48. The van der Waals surface area contributed by atoms with Crippen LogP contribution in [-0.4, -0.2) is 53.6 Å². The van der Waals surface area contributed by atoms with E-state index in [9.17, 15) is 9.90 Å². The first-order valence-corrected chi connectivity index (χ1v) is 6.47. The van der Waals surface area contributed by atoms with Crippen molar-refractivity contribution in [3.05, 3.63) is 23.8 Å². The molecule has 0 aliphatic rings. The van der Waals surface area contributed by atoms with E-state index in [1.165, 1.54) is 16.7 Å². The molecule has 1 aromatic rings. The number of aliphatic hydroxyl groups is 2. The lowest BCUT2D eigenvalue weighted by Crippen LogP contribution is -2.21. The minimum absolute atomic E-state index is 0.0976. The molecule has 0 spiro atoms. The molecule has 0 saturated heterocycles. The second-order valence-electron chi connectivity index (χ2n) is 4.10. The summed E-state index contributed by atoms with van der Waals surface area (Å²) in [5, 5.41) is 18.0. The van der Waals surface area contributed by atoms with Crippen molar-refractivity contribution in [2.75, 3.05) is 32.2 Å². The van der Waals surface area contributed by atoms with E-state index in [0.29, 0.717) is 17.0 Å². The molecular formula is C12H18N2O3S. The number of carbonyl (C=O) groups is 1. The van der Waals surface area contributed by atoms with Crippen LogP contribution >= 0.6 is 11.8 Å². The van der Waals surface area contributed by atoms with Crippen LogP contribution in [0.15, 0.2) is 23.1 Å². The number of anilines is 1. The fourth-order valence-corrected chi connectivity index (χ4v) is 2.21. The summed E-state index contributed by atoms with van der Waals surface area (Å²) in [6.07, 6.45) is -0.789. The van der Waals surface area contributed by atoms with Crippen LogP contribution in [0.1, 0.15) is 10.4 Å². The van der Waals surface area contributed by atoms with E-state index < -0.39 is 6.10 Å². The van der Waals surface area contributed by atoms with Crippen LogP contribution in [-0.2, 0) is 0 Å². The Kier molecular flexibility index (Phi) is 5.46. The summed E-state index contributed by atoms with van der Waals surface area (Å²) in [6, 6.07) is 5.04. The standard InChI is InChI=1S/C12H18N2O3S/c1-14(2)12(17)8-3-4-10(13)11(5-8)18-7-9(16)6-15/h3-5,9,15-16H,6-7,13H2,1-2H3. The molecule has 1 rings (SSSR count). The number of hydrogen-bond donors (Lipinski definition) is 3. The van der Waals surface area contributed by atoms with Crippen molar-refractivity contribution in [2.45, 2.75) is 11.0 Å². The lowest BCUT2D eigenvalue weighted by molar-refractivity contribution is 0.0827. The van der Waals surface area contributed by atoms with Gasteiger partial charge < -0.3 is 20.8 Å². The molecule has 4 N–H and O–H groups in total. The Balaban J connectivity index is 2.84. The maximum atomic E-state index is 11.8. The fraction of sp³-hybridized carbons (Fsp3) is 0.417. The van der Waals surface area contributed by atoms with Crippen molar-refractivity contribution in [2.24, 2.45) is 0 Å². The van der Waals surface area contributed by atoms with Gasteiger partial charge in [-0.3, -0.25) is 4.79 Å². The van der Waals surface area contributed by atoms with E-state index in [4.69, 9.17) is 10.8 Å². The maximum Gasteiger partial charge on any atom is 0.253 e. The Labute approximate surface area is 111 Å². The number of aliphatic hydroxyl groups excluding tert-OH is 2. The highest BCUT2D eigenvalue weighted by atomic mass is 32.2. The van der Waals surface area contributed by atoms with Crippen LogP contribution in [0.3, 0.4) is 0 Å². The molecule has 0 bridgehead atoms. The van der Waals surface area contributed by atoms with Crippen molar-refractivity contribution in [3.8, 4) is 0 Å². The van der Waals surface area contributed by atoms with Crippen LogP contribution in [0.25, 0.3) is 0 Å². The molecule has 1 amide bonds. The van der Waals surface area contributed by atoms with Crippen molar-refractivity contribution in [1.82, 2.24) is 4.90 Å². The molecule has 100 valence electrons. The van der Waals surface area contributed by atoms with Crippen molar-refractivity contribution in [1.29, 1.82) is 0 Å². The first kappa shape index (κ1) is 14.8. The zero-order chi connectivity index (χ0) is 13.7. The van der Waals surface area contributed by atoms with E-state index >= 15 is 0 Å². The van der Waals surface area contributed by atoms with Crippen LogP contribution in [0.2, 0.25) is 0 Å². The van der Waals surface area contributed by atoms with Crippen molar-refractivity contribution >= 4 is 23.4 Å². The van der Waals surface area contributed by atoms with Gasteiger partial charge in [-0.1, -0.05) is 0 Å². The van der Waals surface area contributed by atoms with Gasteiger partial charge in [0.25, 0.3) is 5.91 Å². The van der Waals surface area contributed by atoms with Gasteiger partial charge in [0.1, 0.15) is 0 Å². The smallest absolute Gasteiger partial charge is 0.253 e. The Morgan fingerprint density at radius 1 is 1.50 bits per heavy atom. The highest BCUT2D eigenvalue weighted by Gasteiger charge is 2.11. The Bertz CT molecular complexity index is 424.